The van der Waals surface area contributed by atoms with Crippen LogP contribution in [0.25, 0.3) is 0 Å². The molecule has 8 heteroatoms. The number of halogens is 6. The molecule has 2 unspecified atom stereocenters. The zero-order valence-electron chi connectivity index (χ0n) is 8.56. The van der Waals surface area contributed by atoms with E-state index >= 15 is 0 Å². The quantitative estimate of drug-likeness (QED) is 0.781. The highest BCUT2D eigenvalue weighted by Gasteiger charge is 2.58. The molecule has 0 aliphatic heterocycles. The van der Waals surface area contributed by atoms with Crippen LogP contribution in [-0.2, 0) is 4.74 Å². The molecular formula is C8H12F6O2. The smallest absolute Gasteiger partial charge is 0.393 e. The van der Waals surface area contributed by atoms with E-state index in [1.54, 1.807) is 0 Å². The summed E-state index contributed by atoms with van der Waals surface area (Å²) in [7, 11) is 0. The average molecular weight is 254 g/mol. The van der Waals surface area contributed by atoms with Crippen molar-refractivity contribution in [3.8, 4) is 0 Å². The van der Waals surface area contributed by atoms with Crippen molar-refractivity contribution in [1.29, 1.82) is 0 Å². The Hall–Kier alpha value is -0.500. The Labute approximate surface area is 88.2 Å². The Bertz CT molecular complexity index is 196. The minimum absolute atomic E-state index is 0.303. The maximum Gasteiger partial charge on any atom is 0.423 e. The zero-order valence-corrected chi connectivity index (χ0v) is 8.56. The molecule has 0 saturated carbocycles. The van der Waals surface area contributed by atoms with Crippen molar-refractivity contribution in [2.45, 2.75) is 50.9 Å². The molecule has 2 atom stereocenters. The molecule has 0 aromatic carbocycles. The van der Waals surface area contributed by atoms with Gasteiger partial charge < -0.3 is 9.84 Å². The lowest BCUT2D eigenvalue weighted by Crippen LogP contribution is -2.46. The van der Waals surface area contributed by atoms with Crippen LogP contribution in [0.3, 0.4) is 0 Å². The SMILES string of the molecule is CC(O)CC(C)OC(C(F)(F)F)C(F)(F)F. The van der Waals surface area contributed by atoms with Crippen molar-refractivity contribution < 1.29 is 36.2 Å². The molecule has 0 heterocycles. The molecule has 98 valence electrons. The van der Waals surface area contributed by atoms with Crippen molar-refractivity contribution in [2.24, 2.45) is 0 Å². The number of ether oxygens (including phenoxy) is 1. The van der Waals surface area contributed by atoms with E-state index in [2.05, 4.69) is 4.74 Å². The number of aliphatic hydroxyl groups is 1. The molecule has 0 rings (SSSR count). The number of alkyl halides is 6. The van der Waals surface area contributed by atoms with Gasteiger partial charge in [-0.25, -0.2) is 0 Å². The van der Waals surface area contributed by atoms with E-state index in [1.165, 1.54) is 6.92 Å². The first kappa shape index (κ1) is 15.5. The summed E-state index contributed by atoms with van der Waals surface area (Å²) in [5, 5.41) is 8.80. The van der Waals surface area contributed by atoms with Crippen LogP contribution >= 0.6 is 0 Å². The molecule has 0 amide bonds. The molecule has 1 N–H and O–H groups in total. The highest BCUT2D eigenvalue weighted by molar-refractivity contribution is 4.77. The largest absolute Gasteiger partial charge is 0.423 e. The van der Waals surface area contributed by atoms with Crippen LogP contribution in [0.15, 0.2) is 0 Å². The van der Waals surface area contributed by atoms with Gasteiger partial charge >= 0.3 is 12.4 Å². The monoisotopic (exact) mass is 254 g/mol. The highest BCUT2D eigenvalue weighted by atomic mass is 19.4. The Kier molecular flexibility index (Phi) is 5.06. The van der Waals surface area contributed by atoms with E-state index in [-0.39, 0.29) is 6.42 Å². The molecule has 0 aromatic heterocycles. The lowest BCUT2D eigenvalue weighted by Gasteiger charge is -2.26. The van der Waals surface area contributed by atoms with Crippen LogP contribution in [0, 0.1) is 0 Å². The fourth-order valence-electron chi connectivity index (χ4n) is 1.11. The van der Waals surface area contributed by atoms with Gasteiger partial charge in [0.15, 0.2) is 0 Å². The van der Waals surface area contributed by atoms with Gasteiger partial charge in [0.05, 0.1) is 12.2 Å². The molecule has 16 heavy (non-hydrogen) atoms. The Morgan fingerprint density at radius 3 is 1.62 bits per heavy atom. The van der Waals surface area contributed by atoms with Crippen LogP contribution in [0.4, 0.5) is 26.3 Å². The van der Waals surface area contributed by atoms with Gasteiger partial charge in [-0.1, -0.05) is 0 Å². The zero-order chi connectivity index (χ0) is 13.1. The van der Waals surface area contributed by atoms with Crippen molar-refractivity contribution in [3.63, 3.8) is 0 Å². The van der Waals surface area contributed by atoms with Crippen LogP contribution in [0.5, 0.6) is 0 Å². The molecule has 0 fully saturated rings. The molecule has 0 bridgehead atoms. The first-order valence-electron chi connectivity index (χ1n) is 4.41. The van der Waals surface area contributed by atoms with Crippen LogP contribution < -0.4 is 0 Å². The second kappa shape index (κ2) is 5.22. The molecule has 0 saturated heterocycles. The van der Waals surface area contributed by atoms with E-state index in [1.807, 2.05) is 0 Å². The van der Waals surface area contributed by atoms with Gasteiger partial charge in [0, 0.05) is 0 Å². The highest BCUT2D eigenvalue weighted by Crippen LogP contribution is 2.36. The second-order valence-electron chi connectivity index (χ2n) is 3.49. The molecular weight excluding hydrogens is 242 g/mol. The molecule has 0 aromatic rings. The third-order valence-corrected chi connectivity index (χ3v) is 1.64. The van der Waals surface area contributed by atoms with Crippen LogP contribution in [0.2, 0.25) is 0 Å². The summed E-state index contributed by atoms with van der Waals surface area (Å²) in [5.74, 6) is 0. The number of aliphatic hydroxyl groups excluding tert-OH is 1. The Morgan fingerprint density at radius 1 is 1.00 bits per heavy atom. The fraction of sp³-hybridized carbons (Fsp3) is 1.00. The van der Waals surface area contributed by atoms with E-state index in [4.69, 9.17) is 5.11 Å². The summed E-state index contributed by atoms with van der Waals surface area (Å²) in [6.45, 7) is 2.28. The summed E-state index contributed by atoms with van der Waals surface area (Å²) >= 11 is 0. The van der Waals surface area contributed by atoms with Gasteiger partial charge in [-0.15, -0.1) is 0 Å². The summed E-state index contributed by atoms with van der Waals surface area (Å²) in [6, 6.07) is 0. The molecule has 0 aliphatic carbocycles. The molecule has 0 radical (unpaired) electrons. The first-order valence-corrected chi connectivity index (χ1v) is 4.41. The fourth-order valence-corrected chi connectivity index (χ4v) is 1.11. The Balaban J connectivity index is 4.58. The minimum Gasteiger partial charge on any atom is -0.393 e. The minimum atomic E-state index is -5.51. The predicted molar refractivity (Wildman–Crippen MR) is 42.7 cm³/mol. The van der Waals surface area contributed by atoms with Gasteiger partial charge in [-0.2, -0.15) is 26.3 Å². The summed E-state index contributed by atoms with van der Waals surface area (Å²) in [4.78, 5) is 0. The lowest BCUT2D eigenvalue weighted by atomic mass is 10.2. The van der Waals surface area contributed by atoms with E-state index in [0.717, 1.165) is 6.92 Å². The van der Waals surface area contributed by atoms with Crippen LogP contribution in [-0.4, -0.2) is 35.8 Å². The average Bonchev–Trinajstić information content (AvgIpc) is 1.94. The first-order chi connectivity index (χ1) is 6.94. The van der Waals surface area contributed by atoms with Gasteiger partial charge in [0.25, 0.3) is 0 Å². The van der Waals surface area contributed by atoms with Gasteiger partial charge in [0.2, 0.25) is 6.10 Å². The topological polar surface area (TPSA) is 29.5 Å². The third kappa shape index (κ3) is 5.55. The normalized spacial score (nSPS) is 17.6. The van der Waals surface area contributed by atoms with Gasteiger partial charge in [-0.3, -0.25) is 0 Å². The van der Waals surface area contributed by atoms with Gasteiger partial charge in [0.1, 0.15) is 0 Å². The summed E-state index contributed by atoms with van der Waals surface area (Å²) in [6.07, 6.45) is -17.5. The standard InChI is InChI=1S/C8H12F6O2/c1-4(15)3-5(2)16-6(7(9,10)11)8(12,13)14/h4-6,15H,3H2,1-2H3. The predicted octanol–water partition coefficient (Wildman–Crippen LogP) is 2.66. The van der Waals surface area contributed by atoms with Crippen molar-refractivity contribution in [1.82, 2.24) is 0 Å². The number of hydrogen-bond acceptors (Lipinski definition) is 2. The molecule has 2 nitrogen and oxygen atoms in total. The summed E-state index contributed by atoms with van der Waals surface area (Å²) in [5.41, 5.74) is 0. The lowest BCUT2D eigenvalue weighted by molar-refractivity contribution is -0.330. The van der Waals surface area contributed by atoms with E-state index < -0.39 is 30.7 Å². The molecule has 0 aliphatic rings. The number of rotatable bonds is 4. The Morgan fingerprint density at radius 2 is 1.38 bits per heavy atom. The molecule has 0 spiro atoms. The second-order valence-corrected chi connectivity index (χ2v) is 3.49. The van der Waals surface area contributed by atoms with E-state index in [9.17, 15) is 26.3 Å². The number of hydrogen-bond donors (Lipinski definition) is 1. The van der Waals surface area contributed by atoms with E-state index in [0.29, 0.717) is 0 Å². The summed E-state index contributed by atoms with van der Waals surface area (Å²) < 4.78 is 75.9. The third-order valence-electron chi connectivity index (χ3n) is 1.64. The maximum atomic E-state index is 12.0. The maximum absolute atomic E-state index is 12.0. The van der Waals surface area contributed by atoms with Crippen molar-refractivity contribution >= 4 is 0 Å². The van der Waals surface area contributed by atoms with Crippen LogP contribution in [0.1, 0.15) is 20.3 Å². The van der Waals surface area contributed by atoms with Gasteiger partial charge in [-0.05, 0) is 20.3 Å². The van der Waals surface area contributed by atoms with Crippen molar-refractivity contribution in [3.05, 3.63) is 0 Å². The van der Waals surface area contributed by atoms with Crippen molar-refractivity contribution in [2.75, 3.05) is 0 Å².